The molecule has 1 aliphatic rings. The standard InChI is InChI=1S/C17H17N3OS2/c1-2-12-5-7-13(8-6-12)10-15-16(21)19-17(23-15)20-18-11-14-4-3-9-22-14/h3-9,11,15H,2,10H2,1H3,(H,19,20,21)/b18-11-/t15-/m1/s1. The van der Waals surface area contributed by atoms with Crippen LogP contribution in [0.1, 0.15) is 22.9 Å². The molecule has 4 nitrogen and oxygen atoms in total. The molecule has 3 rings (SSSR count). The Morgan fingerprint density at radius 1 is 1.22 bits per heavy atom. The summed E-state index contributed by atoms with van der Waals surface area (Å²) in [4.78, 5) is 13.1. The van der Waals surface area contributed by atoms with Gasteiger partial charge in [-0.05, 0) is 35.4 Å². The summed E-state index contributed by atoms with van der Waals surface area (Å²) in [5, 5.41) is 13.3. The van der Waals surface area contributed by atoms with E-state index in [2.05, 4.69) is 46.7 Å². The van der Waals surface area contributed by atoms with Crippen molar-refractivity contribution in [2.75, 3.05) is 0 Å². The molecule has 1 aromatic heterocycles. The smallest absolute Gasteiger partial charge is 0.239 e. The highest BCUT2D eigenvalue weighted by Crippen LogP contribution is 2.23. The topological polar surface area (TPSA) is 53.8 Å². The number of thioether (sulfide) groups is 1. The molecule has 1 saturated heterocycles. The number of thiophene rings is 1. The molecule has 2 heterocycles. The lowest BCUT2D eigenvalue weighted by Gasteiger charge is -2.06. The Bertz CT molecular complexity index is 721. The van der Waals surface area contributed by atoms with Crippen molar-refractivity contribution in [3.05, 3.63) is 57.8 Å². The van der Waals surface area contributed by atoms with Crippen LogP contribution in [0.5, 0.6) is 0 Å². The molecule has 1 fully saturated rings. The Labute approximate surface area is 143 Å². The van der Waals surface area contributed by atoms with Crippen molar-refractivity contribution in [1.29, 1.82) is 0 Å². The molecule has 0 aliphatic carbocycles. The Kier molecular flexibility index (Phi) is 5.25. The number of nitrogens with one attached hydrogen (secondary N) is 1. The fourth-order valence-corrected chi connectivity index (χ4v) is 3.76. The lowest BCUT2D eigenvalue weighted by molar-refractivity contribution is -0.118. The third-order valence-corrected chi connectivity index (χ3v) is 5.38. The molecule has 2 aromatic rings. The predicted molar refractivity (Wildman–Crippen MR) is 98.4 cm³/mol. The first-order chi connectivity index (χ1) is 11.2. The van der Waals surface area contributed by atoms with Gasteiger partial charge < -0.3 is 5.32 Å². The zero-order chi connectivity index (χ0) is 16.1. The molecule has 118 valence electrons. The molecule has 0 unspecified atom stereocenters. The highest BCUT2D eigenvalue weighted by atomic mass is 32.2. The second kappa shape index (κ2) is 7.57. The number of amides is 1. The molecule has 0 radical (unpaired) electrons. The van der Waals surface area contributed by atoms with E-state index < -0.39 is 0 Å². The summed E-state index contributed by atoms with van der Waals surface area (Å²) < 4.78 is 0. The summed E-state index contributed by atoms with van der Waals surface area (Å²) in [5.74, 6) is -0.000332. The van der Waals surface area contributed by atoms with Crippen LogP contribution in [0.2, 0.25) is 0 Å². The normalized spacial score (nSPS) is 19.6. The van der Waals surface area contributed by atoms with Crippen LogP contribution in [0.4, 0.5) is 0 Å². The average molecular weight is 343 g/mol. The molecule has 6 heteroatoms. The highest BCUT2D eigenvalue weighted by Gasteiger charge is 2.30. The highest BCUT2D eigenvalue weighted by molar-refractivity contribution is 8.15. The summed E-state index contributed by atoms with van der Waals surface area (Å²) in [6.45, 7) is 2.13. The number of hydrogen-bond acceptors (Lipinski definition) is 5. The molecule has 1 amide bonds. The maximum atomic E-state index is 12.0. The fraction of sp³-hybridized carbons (Fsp3) is 0.235. The van der Waals surface area contributed by atoms with E-state index in [0.29, 0.717) is 11.6 Å². The Hall–Kier alpha value is -1.92. The van der Waals surface area contributed by atoms with Gasteiger partial charge in [0.05, 0.1) is 11.5 Å². The van der Waals surface area contributed by atoms with Gasteiger partial charge >= 0.3 is 0 Å². The van der Waals surface area contributed by atoms with Crippen molar-refractivity contribution in [2.45, 2.75) is 25.0 Å². The van der Waals surface area contributed by atoms with Gasteiger partial charge in [-0.25, -0.2) is 0 Å². The largest absolute Gasteiger partial charge is 0.303 e. The Morgan fingerprint density at radius 2 is 2.00 bits per heavy atom. The lowest BCUT2D eigenvalue weighted by Crippen LogP contribution is -2.25. The summed E-state index contributed by atoms with van der Waals surface area (Å²) in [6, 6.07) is 12.4. The first-order valence-corrected chi connectivity index (χ1v) is 9.20. The molecule has 1 aromatic carbocycles. The summed E-state index contributed by atoms with van der Waals surface area (Å²) in [5.41, 5.74) is 2.47. The second-order valence-corrected chi connectivity index (χ2v) is 7.31. The molecule has 0 spiro atoms. The molecular formula is C17H17N3OS2. The van der Waals surface area contributed by atoms with E-state index >= 15 is 0 Å². The van der Waals surface area contributed by atoms with Crippen LogP contribution in [-0.4, -0.2) is 22.5 Å². The zero-order valence-corrected chi connectivity index (χ0v) is 14.4. The minimum atomic E-state index is -0.141. The Morgan fingerprint density at radius 3 is 2.70 bits per heavy atom. The molecule has 0 bridgehead atoms. The van der Waals surface area contributed by atoms with Crippen LogP contribution in [0.25, 0.3) is 0 Å². The molecule has 1 aliphatic heterocycles. The zero-order valence-electron chi connectivity index (χ0n) is 12.7. The van der Waals surface area contributed by atoms with Crippen molar-refractivity contribution < 1.29 is 4.79 Å². The van der Waals surface area contributed by atoms with Crippen molar-refractivity contribution in [1.82, 2.24) is 5.32 Å². The van der Waals surface area contributed by atoms with Gasteiger partial charge in [0, 0.05) is 4.88 Å². The number of carbonyl (C=O) groups excluding carboxylic acids is 1. The number of nitrogens with zero attached hydrogens (tertiary/aromatic N) is 2. The number of carbonyl (C=O) groups is 1. The van der Waals surface area contributed by atoms with Crippen molar-refractivity contribution >= 4 is 40.4 Å². The lowest BCUT2D eigenvalue weighted by atomic mass is 10.1. The summed E-state index contributed by atoms with van der Waals surface area (Å²) >= 11 is 3.04. The fourth-order valence-electron chi connectivity index (χ4n) is 2.21. The average Bonchev–Trinajstić information content (AvgIpc) is 3.19. The third-order valence-electron chi connectivity index (χ3n) is 3.51. The van der Waals surface area contributed by atoms with Gasteiger partial charge in [0.1, 0.15) is 0 Å². The first kappa shape index (κ1) is 16.0. The molecule has 23 heavy (non-hydrogen) atoms. The number of benzene rings is 1. The molecular weight excluding hydrogens is 326 g/mol. The van der Waals surface area contributed by atoms with E-state index in [-0.39, 0.29) is 11.2 Å². The number of amidine groups is 1. The number of hydrogen-bond donors (Lipinski definition) is 1. The SMILES string of the molecule is CCc1ccc(C[C@H]2S/C(=N/N=C\c3cccs3)NC2=O)cc1. The van der Waals surface area contributed by atoms with Gasteiger partial charge in [0.25, 0.3) is 0 Å². The van der Waals surface area contributed by atoms with Crippen molar-refractivity contribution in [3.63, 3.8) is 0 Å². The number of aryl methyl sites for hydroxylation is 1. The van der Waals surface area contributed by atoms with Gasteiger partial charge in [-0.15, -0.1) is 16.4 Å². The van der Waals surface area contributed by atoms with Gasteiger partial charge in [-0.1, -0.05) is 49.0 Å². The quantitative estimate of drug-likeness (QED) is 0.667. The van der Waals surface area contributed by atoms with E-state index in [4.69, 9.17) is 0 Å². The van der Waals surface area contributed by atoms with E-state index in [9.17, 15) is 4.79 Å². The van der Waals surface area contributed by atoms with E-state index in [1.807, 2.05) is 17.5 Å². The number of rotatable bonds is 5. The maximum absolute atomic E-state index is 12.0. The van der Waals surface area contributed by atoms with Crippen LogP contribution in [0.15, 0.2) is 52.0 Å². The third kappa shape index (κ3) is 4.30. The van der Waals surface area contributed by atoms with Crippen LogP contribution >= 0.6 is 23.1 Å². The van der Waals surface area contributed by atoms with Crippen molar-refractivity contribution in [2.24, 2.45) is 10.2 Å². The van der Waals surface area contributed by atoms with Gasteiger partial charge in [-0.3, -0.25) is 4.79 Å². The van der Waals surface area contributed by atoms with Crippen molar-refractivity contribution in [3.8, 4) is 0 Å². The van der Waals surface area contributed by atoms with E-state index in [1.165, 1.54) is 17.3 Å². The summed E-state index contributed by atoms with van der Waals surface area (Å²) in [6.07, 6.45) is 3.42. The molecule has 0 saturated carbocycles. The van der Waals surface area contributed by atoms with E-state index in [1.54, 1.807) is 17.6 Å². The minimum absolute atomic E-state index is 0.000332. The van der Waals surface area contributed by atoms with Gasteiger partial charge in [-0.2, -0.15) is 5.10 Å². The van der Waals surface area contributed by atoms with Gasteiger partial charge in [0.2, 0.25) is 5.91 Å². The summed E-state index contributed by atoms with van der Waals surface area (Å²) in [7, 11) is 0. The van der Waals surface area contributed by atoms with Crippen LogP contribution in [0, 0.1) is 0 Å². The van der Waals surface area contributed by atoms with E-state index in [0.717, 1.165) is 16.9 Å². The minimum Gasteiger partial charge on any atom is -0.303 e. The van der Waals surface area contributed by atoms with Gasteiger partial charge in [0.15, 0.2) is 5.17 Å². The monoisotopic (exact) mass is 343 g/mol. The van der Waals surface area contributed by atoms with Crippen LogP contribution in [0.3, 0.4) is 0 Å². The molecule has 1 atom stereocenters. The Balaban J connectivity index is 1.60. The molecule has 1 N–H and O–H groups in total. The second-order valence-electron chi connectivity index (χ2n) is 5.14. The van der Waals surface area contributed by atoms with Crippen LogP contribution < -0.4 is 5.32 Å². The van der Waals surface area contributed by atoms with Crippen LogP contribution in [-0.2, 0) is 17.6 Å². The first-order valence-electron chi connectivity index (χ1n) is 7.44. The maximum Gasteiger partial charge on any atom is 0.239 e. The predicted octanol–water partition coefficient (Wildman–Crippen LogP) is 3.47.